The molecule has 0 aliphatic heterocycles. The Morgan fingerprint density at radius 1 is 1.25 bits per heavy atom. The number of nitrogens with one attached hydrogen (secondary N) is 1. The molecule has 5 nitrogen and oxygen atoms in total. The summed E-state index contributed by atoms with van der Waals surface area (Å²) in [7, 11) is 1.39. The molecule has 0 unspecified atom stereocenters. The highest BCUT2D eigenvalue weighted by Crippen LogP contribution is 2.29. The lowest BCUT2D eigenvalue weighted by Crippen LogP contribution is -2.08. The van der Waals surface area contributed by atoms with Gasteiger partial charge in [0.1, 0.15) is 17.6 Å². The van der Waals surface area contributed by atoms with Crippen molar-refractivity contribution in [3.05, 3.63) is 47.2 Å². The third-order valence-electron chi connectivity index (χ3n) is 3.37. The number of alkyl halides is 2. The summed E-state index contributed by atoms with van der Waals surface area (Å²) in [6.45, 7) is -0.563. The molecule has 0 fully saturated rings. The Morgan fingerprint density at radius 3 is 2.71 bits per heavy atom. The number of anilines is 1. The van der Waals surface area contributed by atoms with Crippen molar-refractivity contribution >= 4 is 5.82 Å². The molecule has 0 saturated carbocycles. The molecule has 0 bridgehead atoms. The van der Waals surface area contributed by atoms with E-state index in [2.05, 4.69) is 15.0 Å². The number of nitrogens with zero attached hydrogens (tertiary/aromatic N) is 2. The molecule has 1 heterocycles. The molecule has 7 heteroatoms. The number of aromatic nitrogens is 1. The van der Waals surface area contributed by atoms with Gasteiger partial charge in [0.05, 0.1) is 7.11 Å². The molecule has 1 N–H and O–H groups in total. The molecule has 24 heavy (non-hydrogen) atoms. The standard InChI is InChI=1S/C17H17F2N3O2/c1-11-3-6-16(22-13(11)10-20)21-8-7-12-4-5-14(23-2)15(9-12)24-17(18)19/h3-6,9,17H,7-8H2,1-2H3,(H,21,22). The third kappa shape index (κ3) is 4.56. The number of benzene rings is 1. The fourth-order valence-electron chi connectivity index (χ4n) is 2.14. The third-order valence-corrected chi connectivity index (χ3v) is 3.37. The van der Waals surface area contributed by atoms with Gasteiger partial charge in [-0.05, 0) is 42.7 Å². The molecule has 0 atom stereocenters. The van der Waals surface area contributed by atoms with E-state index in [0.717, 1.165) is 11.1 Å². The Morgan fingerprint density at radius 2 is 2.04 bits per heavy atom. The van der Waals surface area contributed by atoms with Gasteiger partial charge in [0.2, 0.25) is 0 Å². The van der Waals surface area contributed by atoms with Gasteiger partial charge in [-0.25, -0.2) is 4.98 Å². The predicted molar refractivity (Wildman–Crippen MR) is 85.5 cm³/mol. The summed E-state index contributed by atoms with van der Waals surface area (Å²) in [5.41, 5.74) is 2.00. The van der Waals surface area contributed by atoms with E-state index >= 15 is 0 Å². The van der Waals surface area contributed by atoms with Gasteiger partial charge < -0.3 is 14.8 Å². The zero-order valence-corrected chi connectivity index (χ0v) is 13.3. The summed E-state index contributed by atoms with van der Waals surface area (Å²) >= 11 is 0. The van der Waals surface area contributed by atoms with Crippen LogP contribution in [0.25, 0.3) is 0 Å². The molecular formula is C17H17F2N3O2. The maximum Gasteiger partial charge on any atom is 0.387 e. The lowest BCUT2D eigenvalue weighted by Gasteiger charge is -2.12. The Labute approximate surface area is 138 Å². The first-order chi connectivity index (χ1) is 11.5. The SMILES string of the molecule is COc1ccc(CCNc2ccc(C)c(C#N)n2)cc1OC(F)F. The van der Waals surface area contributed by atoms with Gasteiger partial charge in [0.15, 0.2) is 11.5 Å². The number of rotatable bonds is 7. The Balaban J connectivity index is 2.00. The van der Waals surface area contributed by atoms with E-state index in [1.807, 2.05) is 19.1 Å². The highest BCUT2D eigenvalue weighted by molar-refractivity contribution is 5.44. The number of nitriles is 1. The number of hydrogen-bond donors (Lipinski definition) is 1. The molecular weight excluding hydrogens is 316 g/mol. The summed E-state index contributed by atoms with van der Waals surface area (Å²) in [5, 5.41) is 12.1. The second-order valence-electron chi connectivity index (χ2n) is 5.01. The Kier molecular flexibility index (Phi) is 5.90. The molecule has 0 saturated heterocycles. The van der Waals surface area contributed by atoms with Crippen LogP contribution in [0.5, 0.6) is 11.5 Å². The van der Waals surface area contributed by atoms with Crippen molar-refractivity contribution in [3.8, 4) is 17.6 Å². The summed E-state index contributed by atoms with van der Waals surface area (Å²) in [5.74, 6) is 0.853. The van der Waals surface area contributed by atoms with E-state index in [-0.39, 0.29) is 11.5 Å². The van der Waals surface area contributed by atoms with Crippen LogP contribution in [0.4, 0.5) is 14.6 Å². The van der Waals surface area contributed by atoms with Crippen LogP contribution in [-0.4, -0.2) is 25.3 Å². The first kappa shape index (κ1) is 17.5. The minimum atomic E-state index is -2.91. The van der Waals surface area contributed by atoms with Gasteiger partial charge in [-0.3, -0.25) is 0 Å². The number of methoxy groups -OCH3 is 1. The van der Waals surface area contributed by atoms with Gasteiger partial charge in [0.25, 0.3) is 0 Å². The molecule has 1 aromatic carbocycles. The normalized spacial score (nSPS) is 10.3. The van der Waals surface area contributed by atoms with E-state index in [1.165, 1.54) is 13.2 Å². The average Bonchev–Trinajstić information content (AvgIpc) is 2.56. The summed E-state index contributed by atoms with van der Waals surface area (Å²) in [6, 6.07) is 10.5. The lowest BCUT2D eigenvalue weighted by atomic mass is 10.1. The monoisotopic (exact) mass is 333 g/mol. The van der Waals surface area contributed by atoms with Gasteiger partial charge >= 0.3 is 6.61 Å². The van der Waals surface area contributed by atoms with E-state index < -0.39 is 6.61 Å². The zero-order chi connectivity index (χ0) is 17.5. The Hall–Kier alpha value is -2.88. The van der Waals surface area contributed by atoms with Crippen molar-refractivity contribution in [1.82, 2.24) is 4.98 Å². The minimum Gasteiger partial charge on any atom is -0.493 e. The number of aryl methyl sites for hydroxylation is 1. The maximum atomic E-state index is 12.4. The summed E-state index contributed by atoms with van der Waals surface area (Å²) in [4.78, 5) is 4.19. The van der Waals surface area contributed by atoms with Crippen molar-refractivity contribution in [2.45, 2.75) is 20.0 Å². The van der Waals surface area contributed by atoms with Gasteiger partial charge in [-0.15, -0.1) is 0 Å². The molecule has 0 radical (unpaired) electrons. The highest BCUT2D eigenvalue weighted by Gasteiger charge is 2.11. The smallest absolute Gasteiger partial charge is 0.387 e. The second kappa shape index (κ2) is 8.11. The van der Waals surface area contributed by atoms with Gasteiger partial charge in [0, 0.05) is 6.54 Å². The van der Waals surface area contributed by atoms with Crippen molar-refractivity contribution < 1.29 is 18.3 Å². The molecule has 0 amide bonds. The van der Waals surface area contributed by atoms with Crippen LogP contribution in [-0.2, 0) is 6.42 Å². The van der Waals surface area contributed by atoms with Crippen molar-refractivity contribution in [1.29, 1.82) is 5.26 Å². The Bertz CT molecular complexity index is 745. The van der Waals surface area contributed by atoms with E-state index in [0.29, 0.717) is 24.5 Å². The van der Waals surface area contributed by atoms with Crippen LogP contribution < -0.4 is 14.8 Å². The quantitative estimate of drug-likeness (QED) is 0.839. The number of ether oxygens (including phenoxy) is 2. The first-order valence-corrected chi connectivity index (χ1v) is 7.27. The van der Waals surface area contributed by atoms with Crippen molar-refractivity contribution in [3.63, 3.8) is 0 Å². The van der Waals surface area contributed by atoms with Gasteiger partial charge in [-0.1, -0.05) is 12.1 Å². The van der Waals surface area contributed by atoms with Crippen LogP contribution in [0.15, 0.2) is 30.3 Å². The number of halogens is 2. The van der Waals surface area contributed by atoms with Crippen LogP contribution >= 0.6 is 0 Å². The van der Waals surface area contributed by atoms with Crippen molar-refractivity contribution in [2.75, 3.05) is 19.0 Å². The molecule has 126 valence electrons. The number of pyridine rings is 1. The predicted octanol–water partition coefficient (Wildman–Crippen LogP) is 3.53. The molecule has 2 aromatic rings. The van der Waals surface area contributed by atoms with Crippen LogP contribution in [0.2, 0.25) is 0 Å². The fraction of sp³-hybridized carbons (Fsp3) is 0.294. The van der Waals surface area contributed by atoms with Crippen LogP contribution in [0.3, 0.4) is 0 Å². The second-order valence-corrected chi connectivity index (χ2v) is 5.01. The maximum absolute atomic E-state index is 12.4. The van der Waals surface area contributed by atoms with E-state index in [9.17, 15) is 8.78 Å². The molecule has 1 aromatic heterocycles. The van der Waals surface area contributed by atoms with Crippen LogP contribution in [0.1, 0.15) is 16.8 Å². The lowest BCUT2D eigenvalue weighted by molar-refractivity contribution is -0.0512. The van der Waals surface area contributed by atoms with Crippen LogP contribution in [0, 0.1) is 18.3 Å². The van der Waals surface area contributed by atoms with E-state index in [1.54, 1.807) is 18.2 Å². The summed E-state index contributed by atoms with van der Waals surface area (Å²) in [6.07, 6.45) is 0.570. The largest absolute Gasteiger partial charge is 0.493 e. The van der Waals surface area contributed by atoms with Gasteiger partial charge in [-0.2, -0.15) is 14.0 Å². The molecule has 0 aliphatic rings. The molecule has 0 spiro atoms. The zero-order valence-electron chi connectivity index (χ0n) is 13.3. The topological polar surface area (TPSA) is 67.2 Å². The van der Waals surface area contributed by atoms with E-state index in [4.69, 9.17) is 10.00 Å². The average molecular weight is 333 g/mol. The molecule has 2 rings (SSSR count). The minimum absolute atomic E-state index is 0.00484. The fourth-order valence-corrected chi connectivity index (χ4v) is 2.14. The molecule has 0 aliphatic carbocycles. The summed E-state index contributed by atoms with van der Waals surface area (Å²) < 4.78 is 34.3. The van der Waals surface area contributed by atoms with Crippen molar-refractivity contribution in [2.24, 2.45) is 0 Å². The first-order valence-electron chi connectivity index (χ1n) is 7.27. The highest BCUT2D eigenvalue weighted by atomic mass is 19.3. The number of hydrogen-bond acceptors (Lipinski definition) is 5.